The molecule has 2 nitrogen and oxygen atoms in total. The Hall–Kier alpha value is 0.270. The molecule has 1 atom stereocenters. The quantitative estimate of drug-likeness (QED) is 0.676. The van der Waals surface area contributed by atoms with Crippen molar-refractivity contribution in [1.29, 1.82) is 0 Å². The Morgan fingerprint density at radius 2 is 1.81 bits per heavy atom. The molecule has 0 aromatic rings. The number of rotatable bonds is 7. The highest BCUT2D eigenvalue weighted by atomic mass is 32.1. The second-order valence-electron chi connectivity index (χ2n) is 5.91. The van der Waals surface area contributed by atoms with Crippen LogP contribution < -0.4 is 0 Å². The van der Waals surface area contributed by atoms with Crippen molar-refractivity contribution in [2.75, 3.05) is 25.4 Å². The molecule has 0 aliphatic heterocycles. The van der Waals surface area contributed by atoms with Crippen LogP contribution in [0.25, 0.3) is 0 Å². The molecule has 1 unspecified atom stereocenters. The largest absolute Gasteiger partial charge is 0.396 e. The van der Waals surface area contributed by atoms with Crippen molar-refractivity contribution < 1.29 is 5.11 Å². The van der Waals surface area contributed by atoms with Gasteiger partial charge in [0, 0.05) is 25.7 Å². The zero-order valence-corrected chi connectivity index (χ0v) is 12.4. The molecule has 0 rings (SSSR count). The minimum Gasteiger partial charge on any atom is -0.396 e. The maximum Gasteiger partial charge on any atom is 0.0443 e. The fourth-order valence-electron chi connectivity index (χ4n) is 1.72. The molecule has 98 valence electrons. The summed E-state index contributed by atoms with van der Waals surface area (Å²) in [5.41, 5.74) is 0.300. The Labute approximate surface area is 107 Å². The second-order valence-corrected chi connectivity index (χ2v) is 6.28. The van der Waals surface area contributed by atoms with Gasteiger partial charge in [0.25, 0.3) is 0 Å². The topological polar surface area (TPSA) is 23.5 Å². The van der Waals surface area contributed by atoms with Gasteiger partial charge in [-0.2, -0.15) is 12.6 Å². The zero-order valence-electron chi connectivity index (χ0n) is 11.5. The lowest BCUT2D eigenvalue weighted by Crippen LogP contribution is -2.41. The molecule has 3 heteroatoms. The fraction of sp³-hybridized carbons (Fsp3) is 1.00. The van der Waals surface area contributed by atoms with Gasteiger partial charge in [-0.25, -0.2) is 0 Å². The summed E-state index contributed by atoms with van der Waals surface area (Å²) >= 11 is 4.47. The van der Waals surface area contributed by atoms with Crippen LogP contribution in [-0.4, -0.2) is 41.5 Å². The van der Waals surface area contributed by atoms with Gasteiger partial charge in [-0.3, -0.25) is 0 Å². The van der Waals surface area contributed by atoms with E-state index < -0.39 is 0 Å². The fourth-order valence-corrected chi connectivity index (χ4v) is 2.39. The van der Waals surface area contributed by atoms with E-state index in [1.165, 1.54) is 0 Å². The van der Waals surface area contributed by atoms with E-state index >= 15 is 0 Å². The molecule has 0 heterocycles. The molecular weight excluding hydrogens is 218 g/mol. The summed E-state index contributed by atoms with van der Waals surface area (Å²) in [6.07, 6.45) is 0.863. The number of nitrogens with zero attached hydrogens (tertiary/aromatic N) is 1. The van der Waals surface area contributed by atoms with E-state index in [2.05, 4.69) is 52.1 Å². The van der Waals surface area contributed by atoms with Gasteiger partial charge in [-0.1, -0.05) is 20.8 Å². The summed E-state index contributed by atoms with van der Waals surface area (Å²) in [6, 6.07) is 0.538. The average Bonchev–Trinajstić information content (AvgIpc) is 2.15. The number of aliphatic hydroxyl groups is 1. The van der Waals surface area contributed by atoms with Gasteiger partial charge < -0.3 is 10.0 Å². The number of aliphatic hydroxyl groups excluding tert-OH is 1. The van der Waals surface area contributed by atoms with Crippen molar-refractivity contribution in [3.8, 4) is 0 Å². The monoisotopic (exact) mass is 247 g/mol. The highest BCUT2D eigenvalue weighted by Crippen LogP contribution is 2.28. The molecular formula is C13H29NOS. The normalized spacial score (nSPS) is 14.8. The van der Waals surface area contributed by atoms with Crippen molar-refractivity contribution in [1.82, 2.24) is 4.90 Å². The van der Waals surface area contributed by atoms with Crippen LogP contribution in [0.4, 0.5) is 0 Å². The Morgan fingerprint density at radius 3 is 2.12 bits per heavy atom. The third-order valence-corrected chi connectivity index (χ3v) is 3.67. The first-order valence-electron chi connectivity index (χ1n) is 6.28. The summed E-state index contributed by atoms with van der Waals surface area (Å²) < 4.78 is 0. The molecule has 0 radical (unpaired) electrons. The molecule has 16 heavy (non-hydrogen) atoms. The van der Waals surface area contributed by atoms with E-state index in [1.807, 2.05) is 0 Å². The molecule has 0 saturated carbocycles. The molecule has 1 N–H and O–H groups in total. The predicted octanol–water partition coefficient (Wildman–Crippen LogP) is 2.67. The van der Waals surface area contributed by atoms with Crippen LogP contribution >= 0.6 is 12.6 Å². The second kappa shape index (κ2) is 7.57. The number of thiol groups is 1. The van der Waals surface area contributed by atoms with Crippen molar-refractivity contribution in [3.05, 3.63) is 0 Å². The van der Waals surface area contributed by atoms with Crippen LogP contribution in [0.15, 0.2) is 0 Å². The van der Waals surface area contributed by atoms with Gasteiger partial charge in [0.15, 0.2) is 0 Å². The van der Waals surface area contributed by atoms with Crippen LogP contribution in [0, 0.1) is 11.3 Å². The van der Waals surface area contributed by atoms with E-state index in [9.17, 15) is 0 Å². The van der Waals surface area contributed by atoms with Crippen LogP contribution in [0.3, 0.4) is 0 Å². The van der Waals surface area contributed by atoms with Crippen LogP contribution in [0.2, 0.25) is 0 Å². The first-order valence-corrected chi connectivity index (χ1v) is 6.92. The molecule has 0 saturated heterocycles. The molecule has 0 aromatic carbocycles. The van der Waals surface area contributed by atoms with Gasteiger partial charge in [0.05, 0.1) is 0 Å². The lowest BCUT2D eigenvalue weighted by Gasteiger charge is -2.36. The van der Waals surface area contributed by atoms with Crippen LogP contribution in [0.5, 0.6) is 0 Å². The summed E-state index contributed by atoms with van der Waals surface area (Å²) in [4.78, 5) is 2.45. The molecule has 0 aromatic heterocycles. The summed E-state index contributed by atoms with van der Waals surface area (Å²) in [5.74, 6) is 1.52. The van der Waals surface area contributed by atoms with E-state index in [4.69, 9.17) is 5.11 Å². The molecule has 0 fully saturated rings. The zero-order chi connectivity index (χ0) is 12.8. The molecule has 0 amide bonds. The smallest absolute Gasteiger partial charge is 0.0443 e. The van der Waals surface area contributed by atoms with Crippen molar-refractivity contribution >= 4 is 12.6 Å². The predicted molar refractivity (Wildman–Crippen MR) is 75.2 cm³/mol. The average molecular weight is 247 g/mol. The standard InChI is InChI=1S/C13H29NOS/c1-11(2)14(7-6-8-15)9-12(10-16)13(3,4)5/h11-12,15-16H,6-10H2,1-5H3. The number of hydrogen-bond donors (Lipinski definition) is 2. The minimum atomic E-state index is 0.282. The number of hydrogen-bond acceptors (Lipinski definition) is 3. The summed E-state index contributed by atoms with van der Waals surface area (Å²) in [6.45, 7) is 13.6. The van der Waals surface area contributed by atoms with Crippen molar-refractivity contribution in [3.63, 3.8) is 0 Å². The third kappa shape index (κ3) is 6.12. The molecule has 0 aliphatic rings. The Balaban J connectivity index is 4.35. The third-order valence-electron chi connectivity index (χ3n) is 3.23. The highest BCUT2D eigenvalue weighted by Gasteiger charge is 2.26. The highest BCUT2D eigenvalue weighted by molar-refractivity contribution is 7.80. The SMILES string of the molecule is CC(C)N(CCCO)CC(CS)C(C)(C)C. The van der Waals surface area contributed by atoms with Crippen LogP contribution in [0.1, 0.15) is 41.0 Å². The Kier molecular flexibility index (Phi) is 7.70. The maximum atomic E-state index is 8.91. The van der Waals surface area contributed by atoms with Gasteiger partial charge >= 0.3 is 0 Å². The van der Waals surface area contributed by atoms with Gasteiger partial charge in [-0.15, -0.1) is 0 Å². The summed E-state index contributed by atoms with van der Waals surface area (Å²) in [7, 11) is 0. The Morgan fingerprint density at radius 1 is 1.25 bits per heavy atom. The first kappa shape index (κ1) is 16.3. The van der Waals surface area contributed by atoms with Crippen molar-refractivity contribution in [2.45, 2.75) is 47.1 Å². The molecule has 0 spiro atoms. The van der Waals surface area contributed by atoms with Crippen molar-refractivity contribution in [2.24, 2.45) is 11.3 Å². The van der Waals surface area contributed by atoms with E-state index in [-0.39, 0.29) is 6.61 Å². The maximum absolute atomic E-state index is 8.91. The van der Waals surface area contributed by atoms with Crippen LogP contribution in [-0.2, 0) is 0 Å². The van der Waals surface area contributed by atoms with E-state index in [1.54, 1.807) is 0 Å². The first-order chi connectivity index (χ1) is 7.32. The van der Waals surface area contributed by atoms with Gasteiger partial charge in [0.1, 0.15) is 0 Å². The molecule has 0 bridgehead atoms. The summed E-state index contributed by atoms with van der Waals surface area (Å²) in [5, 5.41) is 8.91. The Bertz CT molecular complexity index is 177. The minimum absolute atomic E-state index is 0.282. The molecule has 0 aliphatic carbocycles. The van der Waals surface area contributed by atoms with E-state index in [0.717, 1.165) is 25.3 Å². The van der Waals surface area contributed by atoms with Gasteiger partial charge in [-0.05, 0) is 37.4 Å². The van der Waals surface area contributed by atoms with E-state index in [0.29, 0.717) is 17.4 Å². The lowest BCUT2D eigenvalue weighted by molar-refractivity contribution is 0.129. The lowest BCUT2D eigenvalue weighted by atomic mass is 9.81. The van der Waals surface area contributed by atoms with Gasteiger partial charge in [0.2, 0.25) is 0 Å².